The van der Waals surface area contributed by atoms with E-state index in [1.807, 2.05) is 60.7 Å². The molecular formula is C31H24NO2+. The summed E-state index contributed by atoms with van der Waals surface area (Å²) in [5.41, 5.74) is 5.40. The van der Waals surface area contributed by atoms with Crippen molar-refractivity contribution in [3.05, 3.63) is 169 Å². The fourth-order valence-corrected chi connectivity index (χ4v) is 3.83. The lowest BCUT2D eigenvalue weighted by Crippen LogP contribution is -2.18. The summed E-state index contributed by atoms with van der Waals surface area (Å²) >= 11 is 0. The van der Waals surface area contributed by atoms with Gasteiger partial charge in [0.25, 0.3) is 0 Å². The van der Waals surface area contributed by atoms with Crippen molar-refractivity contribution in [2.75, 3.05) is 0 Å². The molecule has 2 heterocycles. The largest absolute Gasteiger partial charge is 0.465 e. The average molecular weight is 443 g/mol. The highest BCUT2D eigenvalue weighted by atomic mass is 16.5. The molecule has 0 unspecified atom stereocenters. The zero-order valence-electron chi connectivity index (χ0n) is 18.6. The molecule has 1 aliphatic carbocycles. The Kier molecular flexibility index (Phi) is 6.45. The van der Waals surface area contributed by atoms with Gasteiger partial charge in [-0.25, -0.2) is 0 Å². The lowest BCUT2D eigenvalue weighted by molar-refractivity contribution is 0.364. The minimum absolute atomic E-state index is 0.792. The van der Waals surface area contributed by atoms with Gasteiger partial charge in [-0.2, -0.15) is 4.58 Å². The summed E-state index contributed by atoms with van der Waals surface area (Å²) in [4.78, 5) is 0. The molecule has 0 amide bonds. The zero-order chi connectivity index (χ0) is 23.0. The summed E-state index contributed by atoms with van der Waals surface area (Å²) in [5, 5.41) is 0. The van der Waals surface area contributed by atoms with Gasteiger partial charge >= 0.3 is 0 Å². The molecule has 2 aromatic rings. The molecular weight excluding hydrogens is 418 g/mol. The van der Waals surface area contributed by atoms with Gasteiger partial charge in [0.05, 0.1) is 12.5 Å². The van der Waals surface area contributed by atoms with Gasteiger partial charge in [0.1, 0.15) is 11.5 Å². The number of rotatable bonds is 4. The summed E-state index contributed by atoms with van der Waals surface area (Å²) in [5.74, 6) is 1.58. The van der Waals surface area contributed by atoms with E-state index in [1.165, 1.54) is 0 Å². The second kappa shape index (κ2) is 10.3. The quantitative estimate of drug-likeness (QED) is 0.462. The lowest BCUT2D eigenvalue weighted by Gasteiger charge is -2.09. The molecule has 0 spiro atoms. The van der Waals surface area contributed by atoms with Crippen molar-refractivity contribution in [1.82, 2.24) is 4.58 Å². The van der Waals surface area contributed by atoms with Crippen LogP contribution >= 0.6 is 0 Å². The Morgan fingerprint density at radius 3 is 1.38 bits per heavy atom. The maximum Gasteiger partial charge on any atom is 0.226 e. The molecule has 0 radical (unpaired) electrons. The molecule has 0 bridgehead atoms. The van der Waals surface area contributed by atoms with Crippen molar-refractivity contribution >= 4 is 17.1 Å². The number of allylic oxidation sites excluding steroid dienone is 14. The normalized spacial score (nSPS) is 21.0. The number of hydrogen-bond donors (Lipinski definition) is 0. The Labute approximate surface area is 200 Å². The van der Waals surface area contributed by atoms with Crippen molar-refractivity contribution in [2.45, 2.75) is 0 Å². The minimum Gasteiger partial charge on any atom is -0.465 e. The van der Waals surface area contributed by atoms with E-state index in [1.54, 1.807) is 12.5 Å². The Bertz CT molecular complexity index is 1260. The van der Waals surface area contributed by atoms with Gasteiger partial charge in [-0.05, 0) is 60.8 Å². The van der Waals surface area contributed by atoms with Crippen LogP contribution in [0.1, 0.15) is 0 Å². The van der Waals surface area contributed by atoms with Crippen LogP contribution in [0.4, 0.5) is 11.4 Å². The number of nitrogens with zero attached hydrogens (tertiary/aromatic N) is 1. The van der Waals surface area contributed by atoms with Gasteiger partial charge in [0.15, 0.2) is 0 Å². The predicted molar refractivity (Wildman–Crippen MR) is 140 cm³/mol. The topological polar surface area (TPSA) is 21.5 Å². The van der Waals surface area contributed by atoms with Gasteiger partial charge in [-0.15, -0.1) is 0 Å². The molecule has 5 rings (SSSR count). The maximum absolute atomic E-state index is 5.60. The van der Waals surface area contributed by atoms with Gasteiger partial charge in [-0.1, -0.05) is 48.6 Å². The molecule has 2 aliphatic heterocycles. The van der Waals surface area contributed by atoms with Crippen LogP contribution in [0.5, 0.6) is 0 Å². The highest BCUT2D eigenvalue weighted by Gasteiger charge is 2.28. The first-order valence-corrected chi connectivity index (χ1v) is 11.2. The maximum atomic E-state index is 5.60. The van der Waals surface area contributed by atoms with Gasteiger partial charge < -0.3 is 9.47 Å². The van der Waals surface area contributed by atoms with Crippen molar-refractivity contribution in [1.29, 1.82) is 0 Å². The molecule has 34 heavy (non-hydrogen) atoms. The molecule has 3 heteroatoms. The zero-order valence-corrected chi connectivity index (χ0v) is 18.6. The molecule has 3 nitrogen and oxygen atoms in total. The lowest BCUT2D eigenvalue weighted by atomic mass is 10.1. The van der Waals surface area contributed by atoms with Crippen LogP contribution in [-0.4, -0.2) is 5.71 Å². The van der Waals surface area contributed by atoms with Crippen LogP contribution in [0, 0.1) is 0 Å². The van der Waals surface area contributed by atoms with E-state index in [0.29, 0.717) is 0 Å². The highest BCUT2D eigenvalue weighted by molar-refractivity contribution is 6.21. The first-order chi connectivity index (χ1) is 16.9. The second-order valence-corrected chi connectivity index (χ2v) is 7.68. The van der Waals surface area contributed by atoms with E-state index in [0.717, 1.165) is 39.8 Å². The van der Waals surface area contributed by atoms with E-state index in [9.17, 15) is 0 Å². The molecule has 3 aliphatic rings. The Morgan fingerprint density at radius 1 is 0.500 bits per heavy atom. The average Bonchev–Trinajstić information content (AvgIpc) is 3.31. The van der Waals surface area contributed by atoms with E-state index in [4.69, 9.17) is 9.47 Å². The molecule has 0 atom stereocenters. The summed E-state index contributed by atoms with van der Waals surface area (Å²) < 4.78 is 13.5. The van der Waals surface area contributed by atoms with Crippen LogP contribution in [0.2, 0.25) is 0 Å². The van der Waals surface area contributed by atoms with Gasteiger partial charge in [0, 0.05) is 35.4 Å². The predicted octanol–water partition coefficient (Wildman–Crippen LogP) is 7.35. The Balaban J connectivity index is 1.69. The Morgan fingerprint density at radius 2 is 0.971 bits per heavy atom. The van der Waals surface area contributed by atoms with E-state index in [2.05, 4.69) is 77.4 Å². The van der Waals surface area contributed by atoms with Crippen LogP contribution < -0.4 is 4.58 Å². The SMILES string of the molecule is C1=CO/C(=C/C=C2C=C/C(=C\C=C3/C=CC=CO3)C\2=[N+](c2ccccc2)c2ccccc2)C=C1. The molecule has 0 N–H and O–H groups in total. The second-order valence-electron chi connectivity index (χ2n) is 7.68. The summed E-state index contributed by atoms with van der Waals surface area (Å²) in [7, 11) is 0. The van der Waals surface area contributed by atoms with E-state index < -0.39 is 0 Å². The summed E-state index contributed by atoms with van der Waals surface area (Å²) in [6, 6.07) is 20.8. The van der Waals surface area contributed by atoms with Crippen molar-refractivity contribution in [3.8, 4) is 0 Å². The van der Waals surface area contributed by atoms with Crippen molar-refractivity contribution < 1.29 is 9.47 Å². The number of hydrogen-bond acceptors (Lipinski definition) is 2. The Hall–Kier alpha value is -4.63. The molecule has 0 fully saturated rings. The van der Waals surface area contributed by atoms with Crippen LogP contribution in [0.3, 0.4) is 0 Å². The standard InChI is InChI=1S/C31H24NO2/c1-3-11-27(12-4-1)32(28-13-5-2-6-14-28)31-25(19-21-29-15-7-9-23-33-29)17-18-26(31)20-22-30-16-8-10-24-34-30/h1-24H/q+1/b25-19+,26-20+,29-21+,30-22+. The van der Waals surface area contributed by atoms with Crippen LogP contribution in [0.25, 0.3) is 0 Å². The number of para-hydroxylation sites is 2. The first-order valence-electron chi connectivity index (χ1n) is 11.2. The third-order valence-corrected chi connectivity index (χ3v) is 5.40. The van der Waals surface area contributed by atoms with E-state index >= 15 is 0 Å². The highest BCUT2D eigenvalue weighted by Crippen LogP contribution is 2.29. The smallest absolute Gasteiger partial charge is 0.226 e. The third kappa shape index (κ3) is 4.89. The molecule has 0 saturated carbocycles. The molecule has 164 valence electrons. The van der Waals surface area contributed by atoms with Gasteiger partial charge in [0.2, 0.25) is 17.1 Å². The molecule has 0 aromatic heterocycles. The fraction of sp³-hybridized carbons (Fsp3) is 0. The monoisotopic (exact) mass is 442 g/mol. The molecule has 2 aromatic carbocycles. The number of ether oxygens (including phenoxy) is 2. The van der Waals surface area contributed by atoms with E-state index in [-0.39, 0.29) is 0 Å². The van der Waals surface area contributed by atoms with Crippen LogP contribution in [0.15, 0.2) is 169 Å². The van der Waals surface area contributed by atoms with Crippen molar-refractivity contribution in [2.24, 2.45) is 0 Å². The molecule has 0 saturated heterocycles. The number of benzene rings is 2. The van der Waals surface area contributed by atoms with Crippen LogP contribution in [-0.2, 0) is 9.47 Å². The summed E-state index contributed by atoms with van der Waals surface area (Å²) in [6.07, 6.45) is 27.4. The minimum atomic E-state index is 0.792. The first kappa shape index (κ1) is 21.2. The van der Waals surface area contributed by atoms with Crippen molar-refractivity contribution in [3.63, 3.8) is 0 Å². The van der Waals surface area contributed by atoms with Gasteiger partial charge in [-0.3, -0.25) is 0 Å². The third-order valence-electron chi connectivity index (χ3n) is 5.40. The summed E-state index contributed by atoms with van der Waals surface area (Å²) in [6.45, 7) is 0. The fourth-order valence-electron chi connectivity index (χ4n) is 3.83.